The Hall–Kier alpha value is -1.06. The molecular weight excluding hydrogens is 245 g/mol. The van der Waals surface area contributed by atoms with Gasteiger partial charge in [0.15, 0.2) is 0 Å². The van der Waals surface area contributed by atoms with E-state index in [1.807, 2.05) is 12.1 Å². The topological polar surface area (TPSA) is 12.9 Å². The van der Waals surface area contributed by atoms with Crippen molar-refractivity contribution in [3.05, 3.63) is 59.1 Å². The number of halogens is 2. The van der Waals surface area contributed by atoms with E-state index in [1.165, 1.54) is 17.8 Å². The van der Waals surface area contributed by atoms with E-state index in [0.29, 0.717) is 15.8 Å². The molecule has 1 heterocycles. The second kappa shape index (κ2) is 5.32. The Bertz CT molecular complexity index is 473. The minimum absolute atomic E-state index is 0.186. The van der Waals surface area contributed by atoms with Crippen LogP contribution in [0.4, 0.5) is 4.39 Å². The van der Waals surface area contributed by atoms with Gasteiger partial charge >= 0.3 is 0 Å². The van der Waals surface area contributed by atoms with Crippen LogP contribution in [-0.4, -0.2) is 4.98 Å². The maximum Gasteiger partial charge on any atom is 0.136 e. The summed E-state index contributed by atoms with van der Waals surface area (Å²) in [7, 11) is 0. The van der Waals surface area contributed by atoms with Crippen LogP contribution in [-0.2, 0) is 5.75 Å². The van der Waals surface area contributed by atoms with Gasteiger partial charge in [-0.25, -0.2) is 9.37 Å². The summed E-state index contributed by atoms with van der Waals surface area (Å²) in [5.74, 6) is 0.500. The first kappa shape index (κ1) is 11.4. The van der Waals surface area contributed by atoms with E-state index in [4.69, 9.17) is 11.6 Å². The lowest BCUT2D eigenvalue weighted by Gasteiger charge is -2.02. The summed E-state index contributed by atoms with van der Waals surface area (Å²) in [6, 6.07) is 10.4. The van der Waals surface area contributed by atoms with Crippen molar-refractivity contribution in [3.63, 3.8) is 0 Å². The van der Waals surface area contributed by atoms with Gasteiger partial charge in [0.25, 0.3) is 0 Å². The Morgan fingerprint density at radius 3 is 2.69 bits per heavy atom. The van der Waals surface area contributed by atoms with Gasteiger partial charge in [-0.1, -0.05) is 29.8 Å². The molecule has 1 aromatic heterocycles. The summed E-state index contributed by atoms with van der Waals surface area (Å²) in [4.78, 5) is 4.62. The Kier molecular flexibility index (Phi) is 3.80. The van der Waals surface area contributed by atoms with Crippen LogP contribution in [0.5, 0.6) is 0 Å². The summed E-state index contributed by atoms with van der Waals surface area (Å²) in [5, 5.41) is 0.472. The van der Waals surface area contributed by atoms with Crippen LogP contribution in [0.15, 0.2) is 47.5 Å². The first-order valence-corrected chi connectivity index (χ1v) is 6.10. The van der Waals surface area contributed by atoms with E-state index >= 15 is 0 Å². The smallest absolute Gasteiger partial charge is 0.136 e. The molecule has 0 unspecified atom stereocenters. The van der Waals surface area contributed by atoms with E-state index in [1.54, 1.807) is 24.4 Å². The average molecular weight is 254 g/mol. The number of aromatic nitrogens is 1. The van der Waals surface area contributed by atoms with Crippen molar-refractivity contribution in [3.8, 4) is 0 Å². The van der Waals surface area contributed by atoms with Crippen LogP contribution < -0.4 is 0 Å². The lowest BCUT2D eigenvalue weighted by molar-refractivity contribution is 0.602. The Morgan fingerprint density at radius 2 is 2.00 bits per heavy atom. The van der Waals surface area contributed by atoms with Crippen LogP contribution in [0.2, 0.25) is 5.15 Å². The molecule has 0 aliphatic heterocycles. The third-order valence-electron chi connectivity index (χ3n) is 2.02. The minimum Gasteiger partial charge on any atom is -0.244 e. The molecule has 16 heavy (non-hydrogen) atoms. The van der Waals surface area contributed by atoms with E-state index in [9.17, 15) is 4.39 Å². The highest BCUT2D eigenvalue weighted by Gasteiger charge is 2.02. The highest BCUT2D eigenvalue weighted by Crippen LogP contribution is 2.25. The van der Waals surface area contributed by atoms with Gasteiger partial charge in [-0.3, -0.25) is 0 Å². The van der Waals surface area contributed by atoms with Gasteiger partial charge in [0, 0.05) is 16.8 Å². The number of nitrogens with zero attached hydrogens (tertiary/aromatic N) is 1. The molecule has 0 aliphatic carbocycles. The fraction of sp³-hybridized carbons (Fsp3) is 0.0833. The van der Waals surface area contributed by atoms with Crippen LogP contribution in [0.1, 0.15) is 5.56 Å². The van der Waals surface area contributed by atoms with Crippen LogP contribution in [0, 0.1) is 5.82 Å². The molecule has 0 saturated heterocycles. The molecule has 4 heteroatoms. The molecule has 82 valence electrons. The zero-order valence-electron chi connectivity index (χ0n) is 8.36. The predicted octanol–water partition coefficient (Wildman–Crippen LogP) is 4.17. The second-order valence-electron chi connectivity index (χ2n) is 3.21. The highest BCUT2D eigenvalue weighted by atomic mass is 35.5. The van der Waals surface area contributed by atoms with Gasteiger partial charge in [-0.2, -0.15) is 0 Å². The molecule has 0 radical (unpaired) electrons. The molecule has 0 saturated carbocycles. The molecule has 1 nitrogen and oxygen atoms in total. The van der Waals surface area contributed by atoms with Crippen molar-refractivity contribution in [1.82, 2.24) is 4.98 Å². The fourth-order valence-corrected chi connectivity index (χ4v) is 2.20. The van der Waals surface area contributed by atoms with Crippen molar-refractivity contribution in [2.75, 3.05) is 0 Å². The van der Waals surface area contributed by atoms with Crippen molar-refractivity contribution in [2.45, 2.75) is 10.6 Å². The Morgan fingerprint density at radius 1 is 1.19 bits per heavy atom. The predicted molar refractivity (Wildman–Crippen MR) is 65.2 cm³/mol. The van der Waals surface area contributed by atoms with E-state index in [2.05, 4.69) is 4.98 Å². The van der Waals surface area contributed by atoms with E-state index < -0.39 is 0 Å². The highest BCUT2D eigenvalue weighted by molar-refractivity contribution is 7.98. The fourth-order valence-electron chi connectivity index (χ4n) is 1.21. The SMILES string of the molecule is Fc1ccccc1SCc1ccc(Cl)nc1. The molecule has 2 aromatic rings. The van der Waals surface area contributed by atoms with E-state index in [0.717, 1.165) is 5.56 Å². The average Bonchev–Trinajstić information content (AvgIpc) is 2.30. The number of thioether (sulfide) groups is 1. The Balaban J connectivity index is 2.02. The van der Waals surface area contributed by atoms with Crippen molar-refractivity contribution in [1.29, 1.82) is 0 Å². The largest absolute Gasteiger partial charge is 0.244 e. The minimum atomic E-state index is -0.186. The summed E-state index contributed by atoms with van der Waals surface area (Å²) in [5.41, 5.74) is 1.03. The molecule has 0 N–H and O–H groups in total. The van der Waals surface area contributed by atoms with Gasteiger partial charge in [0.05, 0.1) is 0 Å². The van der Waals surface area contributed by atoms with Gasteiger partial charge in [-0.05, 0) is 23.8 Å². The van der Waals surface area contributed by atoms with Crippen LogP contribution in [0.3, 0.4) is 0 Å². The zero-order valence-corrected chi connectivity index (χ0v) is 9.93. The van der Waals surface area contributed by atoms with Gasteiger partial charge in [0.1, 0.15) is 11.0 Å². The molecule has 0 amide bonds. The molecule has 1 aromatic carbocycles. The third-order valence-corrected chi connectivity index (χ3v) is 3.36. The maximum absolute atomic E-state index is 13.3. The van der Waals surface area contributed by atoms with Gasteiger partial charge in [-0.15, -0.1) is 11.8 Å². The lowest BCUT2D eigenvalue weighted by atomic mass is 10.3. The van der Waals surface area contributed by atoms with Crippen molar-refractivity contribution >= 4 is 23.4 Å². The van der Waals surface area contributed by atoms with Gasteiger partial charge < -0.3 is 0 Å². The molecule has 2 rings (SSSR count). The number of hydrogen-bond donors (Lipinski definition) is 0. The molecule has 0 aliphatic rings. The van der Waals surface area contributed by atoms with Gasteiger partial charge in [0.2, 0.25) is 0 Å². The summed E-state index contributed by atoms with van der Waals surface area (Å²) < 4.78 is 13.3. The molecule has 0 fully saturated rings. The number of pyridine rings is 1. The molecular formula is C12H9ClFNS. The number of hydrogen-bond acceptors (Lipinski definition) is 2. The van der Waals surface area contributed by atoms with Crippen LogP contribution >= 0.6 is 23.4 Å². The first-order valence-electron chi connectivity index (χ1n) is 4.73. The van der Waals surface area contributed by atoms with Crippen molar-refractivity contribution in [2.24, 2.45) is 0 Å². The summed E-state index contributed by atoms with van der Waals surface area (Å²) in [6.45, 7) is 0. The standard InChI is InChI=1S/C12H9ClFNS/c13-12-6-5-9(7-15-12)8-16-11-4-2-1-3-10(11)14/h1-7H,8H2. The lowest BCUT2D eigenvalue weighted by Crippen LogP contribution is -1.85. The zero-order chi connectivity index (χ0) is 11.4. The maximum atomic E-state index is 13.3. The summed E-state index contributed by atoms with van der Waals surface area (Å²) >= 11 is 7.12. The van der Waals surface area contributed by atoms with Crippen LogP contribution in [0.25, 0.3) is 0 Å². The first-order chi connectivity index (χ1) is 7.75. The number of benzene rings is 1. The Labute approximate surface area is 103 Å². The third kappa shape index (κ3) is 2.97. The molecule has 0 bridgehead atoms. The van der Waals surface area contributed by atoms with Crippen molar-refractivity contribution < 1.29 is 4.39 Å². The second-order valence-corrected chi connectivity index (χ2v) is 4.61. The molecule has 0 atom stereocenters. The number of rotatable bonds is 3. The normalized spacial score (nSPS) is 10.4. The molecule has 0 spiro atoms. The van der Waals surface area contributed by atoms with E-state index in [-0.39, 0.29) is 5.82 Å². The quantitative estimate of drug-likeness (QED) is 0.602. The summed E-state index contributed by atoms with van der Waals surface area (Å²) in [6.07, 6.45) is 1.70. The monoisotopic (exact) mass is 253 g/mol.